The topological polar surface area (TPSA) is 71.1 Å². The van der Waals surface area contributed by atoms with Crippen LogP contribution in [0, 0.1) is 0 Å². The van der Waals surface area contributed by atoms with Gasteiger partial charge in [-0.15, -0.1) is 11.3 Å². The third kappa shape index (κ3) is 3.54. The number of thiophene rings is 1. The summed E-state index contributed by atoms with van der Waals surface area (Å²) in [5.74, 6) is 0.779. The molecule has 0 N–H and O–H groups in total. The lowest BCUT2D eigenvalue weighted by atomic mass is 10.1. The number of esters is 1. The Bertz CT molecular complexity index is 1200. The first-order valence-electron chi connectivity index (χ1n) is 8.95. The Kier molecular flexibility index (Phi) is 4.90. The van der Waals surface area contributed by atoms with Crippen LogP contribution in [0.1, 0.15) is 31.2 Å². The van der Waals surface area contributed by atoms with E-state index in [1.54, 1.807) is 41.8 Å². The first kappa shape index (κ1) is 19.0. The van der Waals surface area contributed by atoms with Crippen LogP contribution in [-0.2, 0) is 11.3 Å². The molecular formula is C22H13BrO6S. The van der Waals surface area contributed by atoms with E-state index in [1.165, 1.54) is 11.3 Å². The molecule has 2 aromatic carbocycles. The highest BCUT2D eigenvalue weighted by molar-refractivity contribution is 9.10. The second kappa shape index (κ2) is 7.71. The van der Waals surface area contributed by atoms with Crippen LogP contribution in [0.3, 0.4) is 0 Å². The van der Waals surface area contributed by atoms with Crippen molar-refractivity contribution < 1.29 is 28.5 Å². The smallest absolute Gasteiger partial charge is 0.353 e. The van der Waals surface area contributed by atoms with Gasteiger partial charge < -0.3 is 18.9 Å². The second-order valence-electron chi connectivity index (χ2n) is 6.56. The van der Waals surface area contributed by atoms with Gasteiger partial charge in [-0.3, -0.25) is 4.79 Å². The third-order valence-electron chi connectivity index (χ3n) is 4.56. The van der Waals surface area contributed by atoms with Crippen LogP contribution >= 0.6 is 27.3 Å². The molecule has 0 saturated carbocycles. The molecule has 3 aromatic rings. The minimum Gasteiger partial charge on any atom is -0.467 e. The van der Waals surface area contributed by atoms with Crippen molar-refractivity contribution in [1.82, 2.24) is 0 Å². The van der Waals surface area contributed by atoms with Crippen molar-refractivity contribution in [2.75, 3.05) is 6.79 Å². The number of ether oxygens (including phenoxy) is 4. The maximum Gasteiger partial charge on any atom is 0.353 e. The molecule has 0 spiro atoms. The van der Waals surface area contributed by atoms with Gasteiger partial charge in [0.25, 0.3) is 0 Å². The summed E-state index contributed by atoms with van der Waals surface area (Å²) in [5.41, 5.74) is 2.00. The van der Waals surface area contributed by atoms with Crippen molar-refractivity contribution in [3.63, 3.8) is 0 Å². The number of benzene rings is 2. The van der Waals surface area contributed by atoms with E-state index in [0.29, 0.717) is 39.9 Å². The molecule has 8 heteroatoms. The fraction of sp³-hybridized carbons (Fsp3) is 0.0909. The molecule has 0 aliphatic carbocycles. The number of carbonyl (C=O) groups excluding carboxylic acids is 2. The van der Waals surface area contributed by atoms with Gasteiger partial charge in [0.15, 0.2) is 12.6 Å². The summed E-state index contributed by atoms with van der Waals surface area (Å²) in [6.07, 6.45) is 1.65. The maximum atomic E-state index is 12.8. The first-order valence-corrected chi connectivity index (χ1v) is 10.6. The van der Waals surface area contributed by atoms with Gasteiger partial charge in [0, 0.05) is 21.7 Å². The number of hydrogen-bond donors (Lipinski definition) is 0. The van der Waals surface area contributed by atoms with E-state index >= 15 is 0 Å². The van der Waals surface area contributed by atoms with Gasteiger partial charge in [-0.05, 0) is 41.8 Å². The zero-order valence-corrected chi connectivity index (χ0v) is 17.7. The Morgan fingerprint density at radius 1 is 1.20 bits per heavy atom. The summed E-state index contributed by atoms with van der Waals surface area (Å²) < 4.78 is 22.9. The Morgan fingerprint density at radius 3 is 2.93 bits per heavy atom. The number of hydrogen-bond acceptors (Lipinski definition) is 7. The number of rotatable bonds is 3. The van der Waals surface area contributed by atoms with Crippen LogP contribution in [-0.4, -0.2) is 18.5 Å². The normalized spacial score (nSPS) is 15.9. The monoisotopic (exact) mass is 484 g/mol. The molecule has 0 unspecified atom stereocenters. The van der Waals surface area contributed by atoms with E-state index in [-0.39, 0.29) is 18.3 Å². The molecule has 6 nitrogen and oxygen atoms in total. The van der Waals surface area contributed by atoms with Crippen LogP contribution in [0.15, 0.2) is 58.1 Å². The highest BCUT2D eigenvalue weighted by Crippen LogP contribution is 2.38. The van der Waals surface area contributed by atoms with Crippen LogP contribution in [0.4, 0.5) is 0 Å². The minimum absolute atomic E-state index is 0.152. The number of carbonyl (C=O) groups is 2. The Labute approximate surface area is 183 Å². The Balaban J connectivity index is 1.43. The first-order chi connectivity index (χ1) is 14.6. The fourth-order valence-corrected chi connectivity index (χ4v) is 4.36. The molecule has 0 saturated heterocycles. The highest BCUT2D eigenvalue weighted by Gasteiger charge is 2.29. The van der Waals surface area contributed by atoms with Crippen LogP contribution < -0.4 is 14.2 Å². The molecule has 0 fully saturated rings. The molecule has 0 radical (unpaired) electrons. The van der Waals surface area contributed by atoms with Crippen molar-refractivity contribution >= 4 is 45.1 Å². The molecule has 150 valence electrons. The van der Waals surface area contributed by atoms with E-state index in [9.17, 15) is 9.59 Å². The van der Waals surface area contributed by atoms with Gasteiger partial charge in [-0.2, -0.15) is 0 Å². The molecular weight excluding hydrogens is 472 g/mol. The van der Waals surface area contributed by atoms with Crippen molar-refractivity contribution in [3.8, 4) is 17.2 Å². The summed E-state index contributed by atoms with van der Waals surface area (Å²) in [7, 11) is 0. The lowest BCUT2D eigenvalue weighted by Crippen LogP contribution is -2.12. The Hall–Kier alpha value is -2.94. The second-order valence-corrected chi connectivity index (χ2v) is 8.42. The van der Waals surface area contributed by atoms with Crippen molar-refractivity contribution in [1.29, 1.82) is 0 Å². The largest absolute Gasteiger partial charge is 0.467 e. The predicted octanol–water partition coefficient (Wildman–Crippen LogP) is 5.21. The molecule has 30 heavy (non-hydrogen) atoms. The zero-order valence-electron chi connectivity index (χ0n) is 15.3. The van der Waals surface area contributed by atoms with Gasteiger partial charge in [0.05, 0.1) is 12.2 Å². The standard InChI is InChI=1S/C22H13BrO6S/c23-14-6-12(21-13(7-14)10-26-11-27-21)8-18-20(24)16-4-3-15(9-17(16)29-18)28-22(25)19-2-1-5-30-19/h1-9H,10-11H2/b18-8-. The SMILES string of the molecule is O=C(Oc1ccc2c(c1)O/C(=C\c1cc(Br)cc3c1OCOC3)C2=O)c1cccs1. The quantitative estimate of drug-likeness (QED) is 0.288. The minimum atomic E-state index is -0.454. The highest BCUT2D eigenvalue weighted by atomic mass is 79.9. The van der Waals surface area contributed by atoms with Crippen molar-refractivity contribution in [2.45, 2.75) is 6.61 Å². The summed E-state index contributed by atoms with van der Waals surface area (Å²) in [6.45, 7) is 0.581. The van der Waals surface area contributed by atoms with E-state index in [1.807, 2.05) is 12.1 Å². The van der Waals surface area contributed by atoms with Gasteiger partial charge in [-0.1, -0.05) is 22.0 Å². The molecule has 0 amide bonds. The van der Waals surface area contributed by atoms with Gasteiger partial charge in [0.2, 0.25) is 5.78 Å². The number of ketones is 1. The van der Waals surface area contributed by atoms with Crippen molar-refractivity contribution in [3.05, 3.63) is 79.6 Å². The zero-order chi connectivity index (χ0) is 20.7. The summed E-state index contributed by atoms with van der Waals surface area (Å²) in [5, 5.41) is 1.80. The molecule has 0 atom stereocenters. The van der Waals surface area contributed by atoms with Crippen LogP contribution in [0.2, 0.25) is 0 Å². The van der Waals surface area contributed by atoms with E-state index < -0.39 is 5.97 Å². The molecule has 0 bridgehead atoms. The molecule has 3 heterocycles. The molecule has 5 rings (SSSR count). The number of halogens is 1. The average molecular weight is 485 g/mol. The fourth-order valence-electron chi connectivity index (χ4n) is 3.24. The van der Waals surface area contributed by atoms with E-state index in [2.05, 4.69) is 15.9 Å². The van der Waals surface area contributed by atoms with E-state index in [4.69, 9.17) is 18.9 Å². The van der Waals surface area contributed by atoms with Gasteiger partial charge in [0.1, 0.15) is 22.1 Å². The summed E-state index contributed by atoms with van der Waals surface area (Å²) in [4.78, 5) is 25.4. The van der Waals surface area contributed by atoms with Crippen LogP contribution in [0.5, 0.6) is 17.2 Å². The molecule has 2 aliphatic rings. The van der Waals surface area contributed by atoms with Crippen LogP contribution in [0.25, 0.3) is 6.08 Å². The third-order valence-corrected chi connectivity index (χ3v) is 5.87. The Morgan fingerprint density at radius 2 is 2.10 bits per heavy atom. The predicted molar refractivity (Wildman–Crippen MR) is 113 cm³/mol. The number of allylic oxidation sites excluding steroid dienone is 1. The number of Topliss-reactive ketones (excluding diaryl/α,β-unsaturated/α-hetero) is 1. The van der Waals surface area contributed by atoms with Gasteiger partial charge in [-0.25, -0.2) is 4.79 Å². The average Bonchev–Trinajstić information content (AvgIpc) is 3.37. The summed E-state index contributed by atoms with van der Waals surface area (Å²) in [6, 6.07) is 11.9. The molecule has 2 aliphatic heterocycles. The maximum absolute atomic E-state index is 12.8. The number of fused-ring (bicyclic) bond motifs is 2. The van der Waals surface area contributed by atoms with Crippen molar-refractivity contribution in [2.24, 2.45) is 0 Å². The molecule has 1 aromatic heterocycles. The lowest BCUT2D eigenvalue weighted by molar-refractivity contribution is -0.0165. The lowest BCUT2D eigenvalue weighted by Gasteiger charge is -2.20. The van der Waals surface area contributed by atoms with E-state index in [0.717, 1.165) is 10.0 Å². The summed E-state index contributed by atoms with van der Waals surface area (Å²) >= 11 is 4.77. The van der Waals surface area contributed by atoms with Gasteiger partial charge >= 0.3 is 5.97 Å².